The van der Waals surface area contributed by atoms with Crippen molar-refractivity contribution in [3.05, 3.63) is 0 Å². The number of ether oxygens (including phenoxy) is 1. The molecule has 0 saturated carbocycles. The average molecular weight is 242 g/mol. The average Bonchev–Trinajstić information content (AvgIpc) is 2.32. The van der Waals surface area contributed by atoms with Crippen LogP contribution in [0.25, 0.3) is 0 Å². The molecule has 2 nitrogen and oxygen atoms in total. The van der Waals surface area contributed by atoms with E-state index in [4.69, 9.17) is 0 Å². The molecule has 0 aromatic heterocycles. The Balaban J connectivity index is 3.19. The molecule has 0 spiro atoms. The number of rotatable bonds is 11. The quantitative estimate of drug-likeness (QED) is 0.387. The maximum atomic E-state index is 11.0. The number of carbonyl (C=O) groups is 1. The monoisotopic (exact) mass is 242 g/mol. The van der Waals surface area contributed by atoms with Gasteiger partial charge in [0, 0.05) is 6.42 Å². The summed E-state index contributed by atoms with van der Waals surface area (Å²) in [4.78, 5) is 11.0. The molecule has 0 fully saturated rings. The van der Waals surface area contributed by atoms with Crippen LogP contribution in [0.3, 0.4) is 0 Å². The van der Waals surface area contributed by atoms with Gasteiger partial charge in [-0.05, 0) is 5.92 Å². The highest BCUT2D eigenvalue weighted by atomic mass is 16.5. The Kier molecular flexibility index (Phi) is 11.6. The lowest BCUT2D eigenvalue weighted by Gasteiger charge is -2.09. The maximum Gasteiger partial charge on any atom is 0.305 e. The lowest BCUT2D eigenvalue weighted by molar-refractivity contribution is -0.141. The highest BCUT2D eigenvalue weighted by molar-refractivity contribution is 5.69. The van der Waals surface area contributed by atoms with Crippen LogP contribution in [0.2, 0.25) is 0 Å². The normalized spacial score (nSPS) is 12.4. The largest absolute Gasteiger partial charge is 0.469 e. The Morgan fingerprint density at radius 3 is 2.06 bits per heavy atom. The van der Waals surface area contributed by atoms with E-state index in [2.05, 4.69) is 18.6 Å². The zero-order valence-corrected chi connectivity index (χ0v) is 12.0. The Hall–Kier alpha value is -0.530. The first kappa shape index (κ1) is 16.5. The van der Waals surface area contributed by atoms with Gasteiger partial charge >= 0.3 is 5.97 Å². The molecule has 0 radical (unpaired) electrons. The van der Waals surface area contributed by atoms with Crippen LogP contribution in [0, 0.1) is 5.92 Å². The van der Waals surface area contributed by atoms with E-state index < -0.39 is 0 Å². The molecule has 1 unspecified atom stereocenters. The Labute approximate surface area is 107 Å². The fraction of sp³-hybridized carbons (Fsp3) is 0.933. The summed E-state index contributed by atoms with van der Waals surface area (Å²) >= 11 is 0. The molecule has 0 aromatic carbocycles. The van der Waals surface area contributed by atoms with Gasteiger partial charge < -0.3 is 4.74 Å². The topological polar surface area (TPSA) is 26.3 Å². The van der Waals surface area contributed by atoms with Crippen molar-refractivity contribution < 1.29 is 9.53 Å². The fourth-order valence-electron chi connectivity index (χ4n) is 2.10. The second-order valence-electron chi connectivity index (χ2n) is 5.15. The zero-order chi connectivity index (χ0) is 12.9. The van der Waals surface area contributed by atoms with Crippen LogP contribution in [-0.2, 0) is 9.53 Å². The van der Waals surface area contributed by atoms with Gasteiger partial charge in [-0.3, -0.25) is 4.79 Å². The third-order valence-electron chi connectivity index (χ3n) is 3.29. The third-order valence-corrected chi connectivity index (χ3v) is 3.29. The molecule has 0 amide bonds. The van der Waals surface area contributed by atoms with Gasteiger partial charge in [-0.1, -0.05) is 71.6 Å². The van der Waals surface area contributed by atoms with E-state index >= 15 is 0 Å². The first-order chi connectivity index (χ1) is 8.20. The summed E-state index contributed by atoms with van der Waals surface area (Å²) in [7, 11) is 1.46. The second-order valence-corrected chi connectivity index (χ2v) is 5.15. The molecule has 0 N–H and O–H groups in total. The number of carbonyl (C=O) groups excluding carboxylic acids is 1. The van der Waals surface area contributed by atoms with E-state index in [0.29, 0.717) is 12.3 Å². The zero-order valence-electron chi connectivity index (χ0n) is 12.0. The van der Waals surface area contributed by atoms with Crippen LogP contribution < -0.4 is 0 Å². The maximum absolute atomic E-state index is 11.0. The molecule has 17 heavy (non-hydrogen) atoms. The van der Waals surface area contributed by atoms with Crippen molar-refractivity contribution in [3.8, 4) is 0 Å². The standard InChI is InChI=1S/C15H30O2/c1-4-5-6-7-8-9-10-11-12-14(2)13-15(16)17-3/h14H,4-13H2,1-3H3. The third kappa shape index (κ3) is 11.7. The van der Waals surface area contributed by atoms with E-state index in [-0.39, 0.29) is 5.97 Å². The number of unbranched alkanes of at least 4 members (excludes halogenated alkanes) is 7. The number of esters is 1. The van der Waals surface area contributed by atoms with E-state index in [1.165, 1.54) is 58.5 Å². The lowest BCUT2D eigenvalue weighted by atomic mass is 9.99. The Bertz CT molecular complexity index is 178. The van der Waals surface area contributed by atoms with Gasteiger partial charge in [-0.25, -0.2) is 0 Å². The summed E-state index contributed by atoms with van der Waals surface area (Å²) in [6.07, 6.45) is 12.5. The first-order valence-corrected chi connectivity index (χ1v) is 7.27. The van der Waals surface area contributed by atoms with E-state index in [0.717, 1.165) is 6.42 Å². The molecule has 2 heteroatoms. The lowest BCUT2D eigenvalue weighted by Crippen LogP contribution is -2.06. The summed E-state index contributed by atoms with van der Waals surface area (Å²) < 4.78 is 4.66. The van der Waals surface area contributed by atoms with E-state index in [1.54, 1.807) is 0 Å². The molecular weight excluding hydrogens is 212 g/mol. The molecule has 0 aliphatic rings. The summed E-state index contributed by atoms with van der Waals surface area (Å²) in [5, 5.41) is 0. The van der Waals surface area contributed by atoms with Gasteiger partial charge in [-0.15, -0.1) is 0 Å². The van der Waals surface area contributed by atoms with Crippen molar-refractivity contribution in [2.24, 2.45) is 5.92 Å². The fourth-order valence-corrected chi connectivity index (χ4v) is 2.10. The molecular formula is C15H30O2. The molecule has 0 bridgehead atoms. The van der Waals surface area contributed by atoms with Crippen LogP contribution >= 0.6 is 0 Å². The van der Waals surface area contributed by atoms with Crippen molar-refractivity contribution in [2.45, 2.75) is 78.1 Å². The van der Waals surface area contributed by atoms with Crippen LogP contribution in [0.15, 0.2) is 0 Å². The molecule has 0 aromatic rings. The number of methoxy groups -OCH3 is 1. The van der Waals surface area contributed by atoms with Gasteiger partial charge in [0.15, 0.2) is 0 Å². The molecule has 0 aliphatic carbocycles. The minimum atomic E-state index is -0.0722. The van der Waals surface area contributed by atoms with Crippen LogP contribution in [0.1, 0.15) is 78.1 Å². The van der Waals surface area contributed by atoms with E-state index in [9.17, 15) is 4.79 Å². The summed E-state index contributed by atoms with van der Waals surface area (Å²) in [6.45, 7) is 4.39. The molecule has 0 saturated heterocycles. The highest BCUT2D eigenvalue weighted by Crippen LogP contribution is 2.15. The Morgan fingerprint density at radius 2 is 1.53 bits per heavy atom. The minimum absolute atomic E-state index is 0.0722. The minimum Gasteiger partial charge on any atom is -0.469 e. The summed E-state index contributed by atoms with van der Waals surface area (Å²) in [6, 6.07) is 0. The van der Waals surface area contributed by atoms with Gasteiger partial charge in [0.2, 0.25) is 0 Å². The van der Waals surface area contributed by atoms with Gasteiger partial charge in [-0.2, -0.15) is 0 Å². The molecule has 1 atom stereocenters. The van der Waals surface area contributed by atoms with Crippen LogP contribution in [0.4, 0.5) is 0 Å². The van der Waals surface area contributed by atoms with Crippen molar-refractivity contribution in [1.82, 2.24) is 0 Å². The van der Waals surface area contributed by atoms with Crippen LogP contribution in [0.5, 0.6) is 0 Å². The molecule has 0 aliphatic heterocycles. The second kappa shape index (κ2) is 11.9. The smallest absolute Gasteiger partial charge is 0.305 e. The number of hydrogen-bond acceptors (Lipinski definition) is 2. The molecule has 102 valence electrons. The summed E-state index contributed by atoms with van der Waals surface area (Å²) in [5.74, 6) is 0.402. The molecule has 0 heterocycles. The van der Waals surface area contributed by atoms with Gasteiger partial charge in [0.25, 0.3) is 0 Å². The van der Waals surface area contributed by atoms with E-state index in [1.807, 2.05) is 0 Å². The van der Waals surface area contributed by atoms with Crippen molar-refractivity contribution in [2.75, 3.05) is 7.11 Å². The predicted octanol–water partition coefficient (Wildman–Crippen LogP) is 4.72. The highest BCUT2D eigenvalue weighted by Gasteiger charge is 2.08. The van der Waals surface area contributed by atoms with Crippen molar-refractivity contribution in [1.29, 1.82) is 0 Å². The predicted molar refractivity (Wildman–Crippen MR) is 73.0 cm³/mol. The van der Waals surface area contributed by atoms with Crippen LogP contribution in [-0.4, -0.2) is 13.1 Å². The van der Waals surface area contributed by atoms with Crippen molar-refractivity contribution >= 4 is 5.97 Å². The molecule has 0 rings (SSSR count). The van der Waals surface area contributed by atoms with Gasteiger partial charge in [0.1, 0.15) is 0 Å². The first-order valence-electron chi connectivity index (χ1n) is 7.27. The summed E-state index contributed by atoms with van der Waals surface area (Å²) in [5.41, 5.74) is 0. The SMILES string of the molecule is CCCCCCCCCCC(C)CC(=O)OC. The Morgan fingerprint density at radius 1 is 1.00 bits per heavy atom. The van der Waals surface area contributed by atoms with Gasteiger partial charge in [0.05, 0.1) is 7.11 Å². The number of hydrogen-bond donors (Lipinski definition) is 0. The van der Waals surface area contributed by atoms with Crippen molar-refractivity contribution in [3.63, 3.8) is 0 Å².